The minimum Gasteiger partial charge on any atom is -0.448 e. The van der Waals surface area contributed by atoms with Gasteiger partial charge in [0, 0.05) is 56.5 Å². The van der Waals surface area contributed by atoms with Crippen molar-refractivity contribution in [3.8, 4) is 11.5 Å². The number of benzene rings is 2. The quantitative estimate of drug-likeness (QED) is 0.862. The topological polar surface area (TPSA) is 54.0 Å². The smallest absolute Gasteiger partial charge is 0.251 e. The first-order valence-corrected chi connectivity index (χ1v) is 10.5. The summed E-state index contributed by atoms with van der Waals surface area (Å²) in [5.74, 6) is 1.05. The van der Waals surface area contributed by atoms with Crippen molar-refractivity contribution in [1.82, 2.24) is 4.90 Å². The zero-order chi connectivity index (χ0) is 19.7. The molecule has 0 radical (unpaired) electrons. The van der Waals surface area contributed by atoms with Crippen LogP contribution in [-0.4, -0.2) is 49.3 Å². The monoisotopic (exact) mass is 393 g/mol. The standard InChI is InChI=1S/C23H27N3O3/c27-22(17-25-12-14-26(15-13-25)19-6-2-1-3-7-19)24-18-8-9-20-21(16-18)29-23(28-20)10-4-5-11-23/h1-3,6-9,16H,4-5,10-15,17H2,(H,24,27). The molecule has 0 unspecified atom stereocenters. The second-order valence-corrected chi connectivity index (χ2v) is 8.13. The van der Waals surface area contributed by atoms with E-state index in [1.165, 1.54) is 5.69 Å². The lowest BCUT2D eigenvalue weighted by Crippen LogP contribution is -2.48. The van der Waals surface area contributed by atoms with Crippen LogP contribution in [0.5, 0.6) is 11.5 Å². The molecule has 5 rings (SSSR count). The van der Waals surface area contributed by atoms with Gasteiger partial charge in [0.25, 0.3) is 5.79 Å². The molecule has 2 fully saturated rings. The molecule has 1 saturated carbocycles. The van der Waals surface area contributed by atoms with Crippen LogP contribution >= 0.6 is 0 Å². The molecule has 6 nitrogen and oxygen atoms in total. The molecule has 2 aliphatic heterocycles. The number of rotatable bonds is 4. The van der Waals surface area contributed by atoms with Crippen LogP contribution in [0, 0.1) is 0 Å². The number of nitrogens with zero attached hydrogens (tertiary/aromatic N) is 2. The summed E-state index contributed by atoms with van der Waals surface area (Å²) in [4.78, 5) is 17.1. The number of piperazine rings is 1. The SMILES string of the molecule is O=C(CN1CCN(c2ccccc2)CC1)Nc1ccc2c(c1)OC1(CCCC1)O2. The first-order chi connectivity index (χ1) is 14.2. The largest absolute Gasteiger partial charge is 0.448 e. The summed E-state index contributed by atoms with van der Waals surface area (Å²) in [6, 6.07) is 16.1. The Morgan fingerprint density at radius 3 is 2.41 bits per heavy atom. The van der Waals surface area contributed by atoms with Gasteiger partial charge in [-0.1, -0.05) is 18.2 Å². The number of anilines is 2. The lowest BCUT2D eigenvalue weighted by molar-refractivity contribution is -0.117. The highest BCUT2D eigenvalue weighted by atomic mass is 16.7. The van der Waals surface area contributed by atoms with Gasteiger partial charge in [-0.2, -0.15) is 0 Å². The van der Waals surface area contributed by atoms with Gasteiger partial charge in [0.05, 0.1) is 6.54 Å². The van der Waals surface area contributed by atoms with E-state index in [1.54, 1.807) is 0 Å². The van der Waals surface area contributed by atoms with Gasteiger partial charge in [-0.25, -0.2) is 0 Å². The summed E-state index contributed by atoms with van der Waals surface area (Å²) in [6.07, 6.45) is 4.13. The molecule has 6 heteroatoms. The zero-order valence-corrected chi connectivity index (χ0v) is 16.6. The Bertz CT molecular complexity index is 872. The van der Waals surface area contributed by atoms with Gasteiger partial charge in [0.2, 0.25) is 5.91 Å². The average Bonchev–Trinajstić information content (AvgIpc) is 3.34. The van der Waals surface area contributed by atoms with Crippen molar-refractivity contribution < 1.29 is 14.3 Å². The van der Waals surface area contributed by atoms with Crippen LogP contribution in [0.15, 0.2) is 48.5 Å². The van der Waals surface area contributed by atoms with Crippen molar-refractivity contribution in [3.63, 3.8) is 0 Å². The van der Waals surface area contributed by atoms with Gasteiger partial charge in [-0.05, 0) is 37.1 Å². The molecule has 2 heterocycles. The van der Waals surface area contributed by atoms with Crippen LogP contribution in [0.3, 0.4) is 0 Å². The number of hydrogen-bond donors (Lipinski definition) is 1. The molecule has 0 atom stereocenters. The maximum Gasteiger partial charge on any atom is 0.251 e. The fraction of sp³-hybridized carbons (Fsp3) is 0.435. The summed E-state index contributed by atoms with van der Waals surface area (Å²) in [6.45, 7) is 4.03. The van der Waals surface area contributed by atoms with E-state index in [0.29, 0.717) is 6.54 Å². The van der Waals surface area contributed by atoms with Crippen LogP contribution in [0.25, 0.3) is 0 Å². The van der Waals surface area contributed by atoms with Gasteiger partial charge < -0.3 is 19.7 Å². The van der Waals surface area contributed by atoms with E-state index >= 15 is 0 Å². The number of hydrogen-bond acceptors (Lipinski definition) is 5. The van der Waals surface area contributed by atoms with Crippen LogP contribution in [0.2, 0.25) is 0 Å². The first-order valence-electron chi connectivity index (χ1n) is 10.5. The average molecular weight is 393 g/mol. The molecule has 1 N–H and O–H groups in total. The van der Waals surface area contributed by atoms with Crippen LogP contribution in [-0.2, 0) is 4.79 Å². The molecule has 1 spiro atoms. The highest BCUT2D eigenvalue weighted by molar-refractivity contribution is 5.92. The molecule has 2 aromatic carbocycles. The molecular formula is C23H27N3O3. The number of carbonyl (C=O) groups is 1. The number of carbonyl (C=O) groups excluding carboxylic acids is 1. The lowest BCUT2D eigenvalue weighted by atomic mass is 10.2. The van der Waals surface area contributed by atoms with Gasteiger partial charge >= 0.3 is 0 Å². The van der Waals surface area contributed by atoms with Crippen molar-refractivity contribution in [2.45, 2.75) is 31.5 Å². The maximum atomic E-state index is 12.5. The Hall–Kier alpha value is -2.73. The lowest BCUT2D eigenvalue weighted by Gasteiger charge is -2.35. The molecule has 3 aliphatic rings. The Kier molecular flexibility index (Phi) is 4.79. The number of nitrogens with one attached hydrogen (secondary N) is 1. The fourth-order valence-corrected chi connectivity index (χ4v) is 4.50. The second kappa shape index (κ2) is 7.59. The number of fused-ring (bicyclic) bond motifs is 1. The van der Waals surface area contributed by atoms with Gasteiger partial charge in [0.1, 0.15) is 0 Å². The Labute approximate surface area is 171 Å². The van der Waals surface area contributed by atoms with Gasteiger partial charge in [0.15, 0.2) is 11.5 Å². The van der Waals surface area contributed by atoms with Crippen molar-refractivity contribution in [2.75, 3.05) is 42.9 Å². The summed E-state index contributed by atoms with van der Waals surface area (Å²) in [7, 11) is 0. The van der Waals surface area contributed by atoms with E-state index in [-0.39, 0.29) is 5.91 Å². The van der Waals surface area contributed by atoms with Crippen LogP contribution in [0.1, 0.15) is 25.7 Å². The third-order valence-corrected chi connectivity index (χ3v) is 6.05. The first kappa shape index (κ1) is 18.3. The molecule has 2 aromatic rings. The van der Waals surface area contributed by atoms with E-state index in [2.05, 4.69) is 39.4 Å². The van der Waals surface area contributed by atoms with Gasteiger partial charge in [-0.15, -0.1) is 0 Å². The van der Waals surface area contributed by atoms with Crippen molar-refractivity contribution >= 4 is 17.3 Å². The van der Waals surface area contributed by atoms with Gasteiger partial charge in [-0.3, -0.25) is 9.69 Å². The molecule has 1 saturated heterocycles. The molecule has 1 aliphatic carbocycles. The number of para-hydroxylation sites is 1. The molecule has 1 amide bonds. The zero-order valence-electron chi connectivity index (χ0n) is 16.6. The molecule has 0 aromatic heterocycles. The predicted octanol–water partition coefficient (Wildman–Crippen LogP) is 3.49. The Morgan fingerprint density at radius 2 is 1.66 bits per heavy atom. The summed E-state index contributed by atoms with van der Waals surface area (Å²) in [5.41, 5.74) is 2.01. The Balaban J connectivity index is 1.14. The predicted molar refractivity (Wildman–Crippen MR) is 113 cm³/mol. The third-order valence-electron chi connectivity index (χ3n) is 6.05. The van der Waals surface area contributed by atoms with E-state index in [0.717, 1.165) is 69.0 Å². The van der Waals surface area contributed by atoms with E-state index in [4.69, 9.17) is 9.47 Å². The molecule has 29 heavy (non-hydrogen) atoms. The van der Waals surface area contributed by atoms with Crippen LogP contribution < -0.4 is 19.7 Å². The normalized spacial score (nSPS) is 20.2. The van der Waals surface area contributed by atoms with Crippen molar-refractivity contribution in [3.05, 3.63) is 48.5 Å². The van der Waals surface area contributed by atoms with E-state index in [9.17, 15) is 4.79 Å². The summed E-state index contributed by atoms with van der Waals surface area (Å²) >= 11 is 0. The van der Waals surface area contributed by atoms with E-state index in [1.807, 2.05) is 24.3 Å². The highest BCUT2D eigenvalue weighted by Gasteiger charge is 2.44. The third kappa shape index (κ3) is 3.90. The molecule has 152 valence electrons. The fourth-order valence-electron chi connectivity index (χ4n) is 4.50. The number of amides is 1. The summed E-state index contributed by atoms with van der Waals surface area (Å²) < 4.78 is 12.1. The maximum absolute atomic E-state index is 12.5. The number of ether oxygens (including phenoxy) is 2. The van der Waals surface area contributed by atoms with Crippen molar-refractivity contribution in [2.24, 2.45) is 0 Å². The minimum atomic E-state index is -0.469. The minimum absolute atomic E-state index is 0.00704. The van der Waals surface area contributed by atoms with Crippen LogP contribution in [0.4, 0.5) is 11.4 Å². The Morgan fingerprint density at radius 1 is 0.931 bits per heavy atom. The van der Waals surface area contributed by atoms with Crippen molar-refractivity contribution in [1.29, 1.82) is 0 Å². The second-order valence-electron chi connectivity index (χ2n) is 8.13. The molecule has 0 bridgehead atoms. The van der Waals surface area contributed by atoms with E-state index < -0.39 is 5.79 Å². The highest BCUT2D eigenvalue weighted by Crippen LogP contribution is 2.47. The molecular weight excluding hydrogens is 366 g/mol. The summed E-state index contributed by atoms with van der Waals surface area (Å²) in [5, 5.41) is 3.01.